The second-order valence-corrected chi connectivity index (χ2v) is 15.9. The average molecular weight is 755 g/mol. The number of anilines is 3. The molecular weight excluding hydrogens is 713 g/mol. The molecule has 280 valence electrons. The van der Waals surface area contributed by atoms with Crippen molar-refractivity contribution >= 4 is 44.2 Å². The van der Waals surface area contributed by atoms with Crippen LogP contribution < -0.4 is 10.6 Å². The highest BCUT2D eigenvalue weighted by molar-refractivity contribution is 6.13. The van der Waals surface area contributed by atoms with Crippen molar-refractivity contribution in [2.24, 2.45) is 5.92 Å². The Morgan fingerprint density at radius 3 is 1.78 bits per heavy atom. The maximum Gasteiger partial charge on any atom is 0.0470 e. The quantitative estimate of drug-likeness (QED) is 0.171. The molecule has 1 atom stereocenters. The molecule has 0 spiro atoms. The second kappa shape index (κ2) is 14.5. The van der Waals surface area contributed by atoms with Crippen LogP contribution in [-0.2, 0) is 0 Å². The number of benzene rings is 9. The van der Waals surface area contributed by atoms with Gasteiger partial charge >= 0.3 is 0 Å². The maximum absolute atomic E-state index is 3.92. The van der Waals surface area contributed by atoms with E-state index in [2.05, 4.69) is 224 Å². The van der Waals surface area contributed by atoms with E-state index >= 15 is 0 Å². The zero-order valence-electron chi connectivity index (χ0n) is 32.9. The van der Waals surface area contributed by atoms with Gasteiger partial charge in [-0.3, -0.25) is 0 Å². The summed E-state index contributed by atoms with van der Waals surface area (Å²) in [7, 11) is 0. The molecule has 1 heterocycles. The van der Waals surface area contributed by atoms with Crippen LogP contribution in [0.5, 0.6) is 0 Å². The number of allylic oxidation sites excluding steroid dienone is 3. The summed E-state index contributed by atoms with van der Waals surface area (Å²) in [5.74, 6) is 0.368. The highest BCUT2D eigenvalue weighted by atomic mass is 14.9. The lowest BCUT2D eigenvalue weighted by Crippen LogP contribution is -2.11. The Labute approximate surface area is 345 Å². The van der Waals surface area contributed by atoms with Crippen LogP contribution in [0.4, 0.5) is 17.1 Å². The number of fused-ring (bicyclic) bond motifs is 11. The standard InChI is InChI=1S/C57H42N2/c1-37-14-12-27-55(59-56-36-41-15-2-3-18-46(41)49-21-6-7-24-52(49)56)57(37)42-17-13-16-40(32-42)38-28-30-39(31-29-38)43-33-44-35-45(34-43)48-20-8-10-25-53(48)58-54-26-11-9-23-51(54)50-22-5-4-19-47(44)50/h2-13,15-37,58-59H,14H2,1H3. The van der Waals surface area contributed by atoms with Crippen molar-refractivity contribution in [1.82, 2.24) is 0 Å². The van der Waals surface area contributed by atoms with Crippen LogP contribution in [0.15, 0.2) is 212 Å². The van der Waals surface area contributed by atoms with Gasteiger partial charge in [0.25, 0.3) is 0 Å². The number of para-hydroxylation sites is 2. The minimum atomic E-state index is 0.368. The fraction of sp³-hybridized carbons (Fsp3) is 0.0526. The van der Waals surface area contributed by atoms with Crippen LogP contribution in [0.25, 0.3) is 82.8 Å². The first kappa shape index (κ1) is 34.8. The van der Waals surface area contributed by atoms with E-state index in [0.717, 1.165) is 29.2 Å². The Kier molecular flexibility index (Phi) is 8.56. The van der Waals surface area contributed by atoms with Gasteiger partial charge in [-0.15, -0.1) is 0 Å². The van der Waals surface area contributed by atoms with Gasteiger partial charge in [0.2, 0.25) is 0 Å². The van der Waals surface area contributed by atoms with E-state index in [4.69, 9.17) is 0 Å². The topological polar surface area (TPSA) is 24.1 Å². The lowest BCUT2D eigenvalue weighted by atomic mass is 9.85. The summed E-state index contributed by atoms with van der Waals surface area (Å²) in [4.78, 5) is 0. The van der Waals surface area contributed by atoms with Crippen molar-refractivity contribution in [3.05, 3.63) is 218 Å². The number of hydrogen-bond acceptors (Lipinski definition) is 2. The largest absolute Gasteiger partial charge is 0.355 e. The van der Waals surface area contributed by atoms with Crippen molar-refractivity contribution in [2.75, 3.05) is 10.6 Å². The lowest BCUT2D eigenvalue weighted by Gasteiger charge is -2.25. The third-order valence-corrected chi connectivity index (χ3v) is 12.2. The summed E-state index contributed by atoms with van der Waals surface area (Å²) in [6.45, 7) is 2.34. The van der Waals surface area contributed by atoms with Gasteiger partial charge in [0.15, 0.2) is 0 Å². The summed E-state index contributed by atoms with van der Waals surface area (Å²) < 4.78 is 0. The van der Waals surface area contributed by atoms with Crippen molar-refractivity contribution < 1.29 is 0 Å². The normalized spacial score (nSPS) is 14.3. The highest BCUT2D eigenvalue weighted by Crippen LogP contribution is 2.44. The van der Waals surface area contributed by atoms with Crippen molar-refractivity contribution in [3.63, 3.8) is 0 Å². The van der Waals surface area contributed by atoms with Gasteiger partial charge in [-0.25, -0.2) is 0 Å². The van der Waals surface area contributed by atoms with Crippen LogP contribution in [0.2, 0.25) is 0 Å². The Bertz CT molecular complexity index is 3150. The Morgan fingerprint density at radius 2 is 0.983 bits per heavy atom. The zero-order chi connectivity index (χ0) is 39.3. The number of hydrogen-bond donors (Lipinski definition) is 2. The van der Waals surface area contributed by atoms with Gasteiger partial charge in [0.05, 0.1) is 0 Å². The van der Waals surface area contributed by atoms with E-state index in [1.54, 1.807) is 0 Å². The molecule has 1 unspecified atom stereocenters. The average Bonchev–Trinajstić information content (AvgIpc) is 3.29. The fourth-order valence-electron chi connectivity index (χ4n) is 9.33. The number of rotatable bonds is 5. The van der Waals surface area contributed by atoms with Gasteiger partial charge < -0.3 is 10.6 Å². The molecule has 2 N–H and O–H groups in total. The van der Waals surface area contributed by atoms with Gasteiger partial charge in [-0.05, 0) is 133 Å². The van der Waals surface area contributed by atoms with Gasteiger partial charge in [0, 0.05) is 39.3 Å². The van der Waals surface area contributed by atoms with Crippen molar-refractivity contribution in [2.45, 2.75) is 13.3 Å². The summed E-state index contributed by atoms with van der Waals surface area (Å²) in [6, 6.07) is 71.0. The predicted molar refractivity (Wildman–Crippen MR) is 252 cm³/mol. The smallest absolute Gasteiger partial charge is 0.0470 e. The predicted octanol–water partition coefficient (Wildman–Crippen LogP) is 15.8. The Balaban J connectivity index is 0.970. The summed E-state index contributed by atoms with van der Waals surface area (Å²) in [5.41, 5.74) is 19.1. The van der Waals surface area contributed by atoms with Crippen LogP contribution in [0, 0.1) is 5.92 Å². The SMILES string of the molecule is CC1CC=CC(Nc2cc3ccccc3c3ccccc23)=C1c1cccc(-c2ccc(-c3cc4cc(c3)-c3ccccc3-c3ccccc3Nc3ccccc3-4)cc2)c1. The maximum atomic E-state index is 3.92. The molecule has 2 bridgehead atoms. The number of nitrogens with one attached hydrogen (secondary N) is 2. The van der Waals surface area contributed by atoms with Gasteiger partial charge in [-0.2, -0.15) is 0 Å². The summed E-state index contributed by atoms with van der Waals surface area (Å²) in [5, 5.41) is 12.7. The minimum absolute atomic E-state index is 0.368. The molecule has 59 heavy (non-hydrogen) atoms. The van der Waals surface area contributed by atoms with Gasteiger partial charge in [-0.1, -0.05) is 165 Å². The van der Waals surface area contributed by atoms with Crippen molar-refractivity contribution in [3.8, 4) is 55.6 Å². The Hall–Kier alpha value is -7.42. The molecule has 2 heteroatoms. The van der Waals surface area contributed by atoms with E-state index in [1.165, 1.54) is 88.3 Å². The molecule has 0 saturated carbocycles. The fourth-order valence-corrected chi connectivity index (χ4v) is 9.33. The van der Waals surface area contributed by atoms with E-state index in [-0.39, 0.29) is 0 Å². The van der Waals surface area contributed by atoms with Crippen LogP contribution >= 0.6 is 0 Å². The monoisotopic (exact) mass is 754 g/mol. The molecule has 0 aromatic heterocycles. The molecule has 11 rings (SSSR count). The molecule has 0 saturated heterocycles. The lowest BCUT2D eigenvalue weighted by molar-refractivity contribution is 0.753. The zero-order valence-corrected chi connectivity index (χ0v) is 32.9. The molecule has 2 nitrogen and oxygen atoms in total. The Morgan fingerprint density at radius 1 is 0.424 bits per heavy atom. The molecule has 1 aliphatic carbocycles. The van der Waals surface area contributed by atoms with Crippen LogP contribution in [-0.4, -0.2) is 0 Å². The first-order valence-electron chi connectivity index (χ1n) is 20.6. The van der Waals surface area contributed by atoms with E-state index < -0.39 is 0 Å². The molecule has 1 aliphatic heterocycles. The van der Waals surface area contributed by atoms with E-state index in [1.807, 2.05) is 0 Å². The van der Waals surface area contributed by atoms with Crippen LogP contribution in [0.1, 0.15) is 18.9 Å². The minimum Gasteiger partial charge on any atom is -0.355 e. The molecule has 2 aliphatic rings. The first-order chi connectivity index (χ1) is 29.1. The molecule has 0 amide bonds. The third kappa shape index (κ3) is 6.31. The van der Waals surface area contributed by atoms with Crippen LogP contribution in [0.3, 0.4) is 0 Å². The highest BCUT2D eigenvalue weighted by Gasteiger charge is 2.21. The summed E-state index contributed by atoms with van der Waals surface area (Å²) >= 11 is 0. The first-order valence-corrected chi connectivity index (χ1v) is 20.6. The van der Waals surface area contributed by atoms with E-state index in [9.17, 15) is 0 Å². The molecule has 0 radical (unpaired) electrons. The van der Waals surface area contributed by atoms with E-state index in [0.29, 0.717) is 5.92 Å². The van der Waals surface area contributed by atoms with Crippen molar-refractivity contribution in [1.29, 1.82) is 0 Å². The molecule has 9 aromatic rings. The second-order valence-electron chi connectivity index (χ2n) is 15.9. The summed E-state index contributed by atoms with van der Waals surface area (Å²) in [6.07, 6.45) is 5.59. The van der Waals surface area contributed by atoms with Gasteiger partial charge in [0.1, 0.15) is 0 Å². The molecule has 9 aromatic carbocycles. The molecule has 0 fully saturated rings. The third-order valence-electron chi connectivity index (χ3n) is 12.2. The molecular formula is C57H42N2.